The Labute approximate surface area is 102 Å². The summed E-state index contributed by atoms with van der Waals surface area (Å²) in [5.41, 5.74) is 0. The SMILES string of the molecule is CON(C)S(=O)(=O)c1ccc(Cl)c(Br)c1. The average molecular weight is 315 g/mol. The van der Waals surface area contributed by atoms with Crippen LogP contribution in [0.4, 0.5) is 0 Å². The van der Waals surface area contributed by atoms with Gasteiger partial charge in [0.15, 0.2) is 0 Å². The highest BCUT2D eigenvalue weighted by Gasteiger charge is 2.21. The molecule has 0 spiro atoms. The molecule has 0 fully saturated rings. The number of rotatable bonds is 3. The van der Waals surface area contributed by atoms with Gasteiger partial charge in [-0.15, -0.1) is 0 Å². The van der Waals surface area contributed by atoms with E-state index in [0.717, 1.165) is 4.47 Å². The molecule has 84 valence electrons. The van der Waals surface area contributed by atoms with E-state index in [1.165, 1.54) is 32.4 Å². The first-order chi connectivity index (χ1) is 6.89. The smallest absolute Gasteiger partial charge is 0.264 e. The van der Waals surface area contributed by atoms with Crippen LogP contribution in [0.1, 0.15) is 0 Å². The third-order valence-corrected chi connectivity index (χ3v) is 4.67. The Balaban J connectivity index is 3.23. The van der Waals surface area contributed by atoms with Gasteiger partial charge < -0.3 is 0 Å². The van der Waals surface area contributed by atoms with Crippen LogP contribution < -0.4 is 0 Å². The lowest BCUT2D eigenvalue weighted by Crippen LogP contribution is -2.25. The van der Waals surface area contributed by atoms with Crippen LogP contribution in [-0.4, -0.2) is 27.0 Å². The first-order valence-corrected chi connectivity index (χ1v) is 6.49. The topological polar surface area (TPSA) is 46.6 Å². The molecule has 0 amide bonds. The maximum Gasteiger partial charge on any atom is 0.264 e. The summed E-state index contributed by atoms with van der Waals surface area (Å²) in [7, 11) is -1.01. The van der Waals surface area contributed by atoms with Crippen LogP contribution in [0.5, 0.6) is 0 Å². The molecule has 15 heavy (non-hydrogen) atoms. The number of nitrogens with zero attached hydrogens (tertiary/aromatic N) is 1. The molecule has 0 heterocycles. The molecule has 0 aliphatic carbocycles. The minimum absolute atomic E-state index is 0.114. The van der Waals surface area contributed by atoms with Gasteiger partial charge in [0.05, 0.1) is 17.0 Å². The molecule has 0 saturated heterocycles. The van der Waals surface area contributed by atoms with Crippen LogP contribution >= 0.6 is 27.5 Å². The predicted octanol–water partition coefficient (Wildman–Crippen LogP) is 2.28. The van der Waals surface area contributed by atoms with Crippen molar-refractivity contribution in [3.05, 3.63) is 27.7 Å². The summed E-state index contributed by atoms with van der Waals surface area (Å²) in [6.45, 7) is 0. The zero-order chi connectivity index (χ0) is 11.6. The van der Waals surface area contributed by atoms with Crippen molar-refractivity contribution in [3.63, 3.8) is 0 Å². The standard InChI is InChI=1S/C8H9BrClNO3S/c1-11(14-2)15(12,13)6-3-4-8(10)7(9)5-6/h3-5H,1-2H3. The van der Waals surface area contributed by atoms with E-state index in [1.54, 1.807) is 0 Å². The van der Waals surface area contributed by atoms with Gasteiger partial charge in [-0.25, -0.2) is 8.42 Å². The fraction of sp³-hybridized carbons (Fsp3) is 0.250. The number of hydroxylamine groups is 1. The molecule has 0 bridgehead atoms. The summed E-state index contributed by atoms with van der Waals surface area (Å²) in [5.74, 6) is 0. The van der Waals surface area contributed by atoms with Gasteiger partial charge >= 0.3 is 0 Å². The number of halogens is 2. The van der Waals surface area contributed by atoms with Crippen LogP contribution in [0.25, 0.3) is 0 Å². The van der Waals surface area contributed by atoms with E-state index in [-0.39, 0.29) is 4.90 Å². The average Bonchev–Trinajstić information content (AvgIpc) is 2.20. The Morgan fingerprint density at radius 1 is 1.47 bits per heavy atom. The number of hydrogen-bond acceptors (Lipinski definition) is 3. The monoisotopic (exact) mass is 313 g/mol. The molecule has 0 N–H and O–H groups in total. The second kappa shape index (κ2) is 4.80. The summed E-state index contributed by atoms with van der Waals surface area (Å²) in [4.78, 5) is 4.75. The second-order valence-electron chi connectivity index (χ2n) is 2.67. The largest absolute Gasteiger partial charge is 0.288 e. The molecule has 0 aliphatic heterocycles. The Kier molecular flexibility index (Phi) is 4.13. The van der Waals surface area contributed by atoms with E-state index in [9.17, 15) is 8.42 Å². The zero-order valence-electron chi connectivity index (χ0n) is 8.07. The quantitative estimate of drug-likeness (QED) is 0.804. The number of hydrogen-bond donors (Lipinski definition) is 0. The molecule has 0 aromatic heterocycles. The summed E-state index contributed by atoms with van der Waals surface area (Å²) in [6.07, 6.45) is 0. The Hall–Kier alpha value is -0.140. The van der Waals surface area contributed by atoms with E-state index in [2.05, 4.69) is 20.8 Å². The van der Waals surface area contributed by atoms with E-state index in [1.807, 2.05) is 0 Å². The number of benzene rings is 1. The van der Waals surface area contributed by atoms with Gasteiger partial charge in [0.2, 0.25) is 0 Å². The lowest BCUT2D eigenvalue weighted by atomic mass is 10.4. The summed E-state index contributed by atoms with van der Waals surface area (Å²) >= 11 is 8.91. The zero-order valence-corrected chi connectivity index (χ0v) is 11.2. The molecule has 1 rings (SSSR count). The normalized spacial score (nSPS) is 12.1. The van der Waals surface area contributed by atoms with Crippen molar-refractivity contribution in [1.82, 2.24) is 4.47 Å². The maximum atomic E-state index is 11.8. The van der Waals surface area contributed by atoms with E-state index in [0.29, 0.717) is 9.50 Å². The van der Waals surface area contributed by atoms with Crippen LogP contribution in [0, 0.1) is 0 Å². The highest BCUT2D eigenvalue weighted by atomic mass is 79.9. The van der Waals surface area contributed by atoms with Crippen molar-refractivity contribution in [3.8, 4) is 0 Å². The highest BCUT2D eigenvalue weighted by Crippen LogP contribution is 2.26. The van der Waals surface area contributed by atoms with Gasteiger partial charge in [0, 0.05) is 11.5 Å². The van der Waals surface area contributed by atoms with Gasteiger partial charge in [-0.3, -0.25) is 4.84 Å². The fourth-order valence-electron chi connectivity index (χ4n) is 0.884. The van der Waals surface area contributed by atoms with Crippen molar-refractivity contribution in [1.29, 1.82) is 0 Å². The molecule has 0 atom stereocenters. The van der Waals surface area contributed by atoms with Crippen LogP contribution in [-0.2, 0) is 14.9 Å². The van der Waals surface area contributed by atoms with Crippen molar-refractivity contribution in [2.24, 2.45) is 0 Å². The van der Waals surface area contributed by atoms with Gasteiger partial charge in [-0.2, -0.15) is 0 Å². The van der Waals surface area contributed by atoms with Gasteiger partial charge in [0.1, 0.15) is 0 Å². The first kappa shape index (κ1) is 12.9. The first-order valence-electron chi connectivity index (χ1n) is 3.87. The van der Waals surface area contributed by atoms with Crippen molar-refractivity contribution in [2.45, 2.75) is 4.90 Å². The molecular formula is C8H9BrClNO3S. The lowest BCUT2D eigenvalue weighted by Gasteiger charge is -2.14. The van der Waals surface area contributed by atoms with Gasteiger partial charge in [-0.1, -0.05) is 16.1 Å². The Morgan fingerprint density at radius 3 is 2.53 bits per heavy atom. The molecule has 0 aliphatic rings. The van der Waals surface area contributed by atoms with Crippen molar-refractivity contribution >= 4 is 37.6 Å². The summed E-state index contributed by atoms with van der Waals surface area (Å²) in [5, 5.41) is 0.453. The fourth-order valence-corrected chi connectivity index (χ4v) is 2.53. The number of sulfonamides is 1. The van der Waals surface area contributed by atoms with Gasteiger partial charge in [0.25, 0.3) is 10.0 Å². The molecular weight excluding hydrogens is 306 g/mol. The van der Waals surface area contributed by atoms with E-state index in [4.69, 9.17) is 11.6 Å². The lowest BCUT2D eigenvalue weighted by molar-refractivity contribution is -0.0258. The summed E-state index contributed by atoms with van der Waals surface area (Å²) < 4.78 is 24.8. The van der Waals surface area contributed by atoms with Gasteiger partial charge in [-0.05, 0) is 34.1 Å². The Bertz CT molecular complexity index is 463. The van der Waals surface area contributed by atoms with Crippen molar-refractivity contribution in [2.75, 3.05) is 14.2 Å². The molecule has 7 heteroatoms. The van der Waals surface area contributed by atoms with Crippen LogP contribution in [0.15, 0.2) is 27.6 Å². The molecule has 1 aromatic rings. The molecule has 0 radical (unpaired) electrons. The summed E-state index contributed by atoms with van der Waals surface area (Å²) in [6, 6.07) is 4.34. The van der Waals surface area contributed by atoms with Crippen LogP contribution in [0.2, 0.25) is 5.02 Å². The Morgan fingerprint density at radius 2 is 2.07 bits per heavy atom. The molecule has 0 unspecified atom stereocenters. The van der Waals surface area contributed by atoms with E-state index < -0.39 is 10.0 Å². The molecule has 4 nitrogen and oxygen atoms in total. The minimum Gasteiger partial charge on any atom is -0.288 e. The van der Waals surface area contributed by atoms with E-state index >= 15 is 0 Å². The third kappa shape index (κ3) is 2.70. The second-order valence-corrected chi connectivity index (χ2v) is 5.87. The molecule has 0 saturated carbocycles. The minimum atomic E-state index is -3.61. The molecule has 1 aromatic carbocycles. The third-order valence-electron chi connectivity index (χ3n) is 1.78. The highest BCUT2D eigenvalue weighted by molar-refractivity contribution is 9.10. The van der Waals surface area contributed by atoms with Crippen molar-refractivity contribution < 1.29 is 13.3 Å². The maximum absolute atomic E-state index is 11.8. The van der Waals surface area contributed by atoms with Crippen LogP contribution in [0.3, 0.4) is 0 Å². The predicted molar refractivity (Wildman–Crippen MR) is 61.1 cm³/mol.